The van der Waals surface area contributed by atoms with Crippen LogP contribution >= 0.6 is 0 Å². The minimum Gasteiger partial charge on any atom is -0.207 e. The maximum Gasteiger partial charge on any atom is 0.0729 e. The van der Waals surface area contributed by atoms with E-state index in [-0.39, 0.29) is 0 Å². The normalized spacial score (nSPS) is 9.31. The van der Waals surface area contributed by atoms with Crippen LogP contribution in [0.3, 0.4) is 0 Å². The maximum absolute atomic E-state index is 3.97. The van der Waals surface area contributed by atoms with Gasteiger partial charge in [0.2, 0.25) is 0 Å². The fraction of sp³-hybridized carbons (Fsp3) is 0.333. The lowest BCUT2D eigenvalue weighted by molar-refractivity contribution is 0.795. The number of hydrogen-bond donors (Lipinski definition) is 0. The number of benzene rings is 1. The highest BCUT2D eigenvalue weighted by Gasteiger charge is 1.92. The second-order valence-corrected chi connectivity index (χ2v) is 3.04. The third-order valence-corrected chi connectivity index (χ3v) is 1.96. The van der Waals surface area contributed by atoms with E-state index in [1.165, 1.54) is 18.4 Å². The summed E-state index contributed by atoms with van der Waals surface area (Å²) in [6.07, 6.45) is 3.66. The van der Waals surface area contributed by atoms with Gasteiger partial charge in [-0.05, 0) is 43.0 Å². The molecule has 0 radical (unpaired) electrons. The molecule has 0 aliphatic heterocycles. The lowest BCUT2D eigenvalue weighted by atomic mass is 10.1. The highest BCUT2D eigenvalue weighted by atomic mass is 14.7. The monoisotopic (exact) mass is 173 g/mol. The van der Waals surface area contributed by atoms with Crippen molar-refractivity contribution < 1.29 is 0 Å². The Morgan fingerprint density at radius 3 is 2.54 bits per heavy atom. The Morgan fingerprint density at radius 2 is 2.00 bits per heavy atom. The molecule has 68 valence electrons. The molecule has 0 aromatic heterocycles. The Balaban J connectivity index is 2.63. The maximum atomic E-state index is 3.97. The van der Waals surface area contributed by atoms with Crippen molar-refractivity contribution in [1.29, 1.82) is 0 Å². The molecule has 13 heavy (non-hydrogen) atoms. The molecule has 0 aliphatic rings. The van der Waals surface area contributed by atoms with Gasteiger partial charge in [0, 0.05) is 0 Å². The van der Waals surface area contributed by atoms with Crippen LogP contribution < -0.4 is 0 Å². The van der Waals surface area contributed by atoms with Crippen LogP contribution in [-0.2, 0) is 6.42 Å². The highest BCUT2D eigenvalue weighted by molar-refractivity contribution is 5.55. The Labute approximate surface area is 79.8 Å². The predicted octanol–water partition coefficient (Wildman–Crippen LogP) is 3.52. The summed E-state index contributed by atoms with van der Waals surface area (Å²) in [4.78, 5) is 3.97. The Morgan fingerprint density at radius 1 is 1.31 bits per heavy atom. The summed E-state index contributed by atoms with van der Waals surface area (Å²) in [5.74, 6) is 2.52. The topological polar surface area (TPSA) is 12.4 Å². The summed E-state index contributed by atoms with van der Waals surface area (Å²) in [7, 11) is 0. The molecule has 0 amide bonds. The Bertz CT molecular complexity index is 291. The molecule has 1 aromatic carbocycles. The van der Waals surface area contributed by atoms with Crippen LogP contribution in [0, 0.1) is 0 Å². The van der Waals surface area contributed by atoms with Crippen molar-refractivity contribution in [3.8, 4) is 0 Å². The molecule has 0 atom stereocenters. The van der Waals surface area contributed by atoms with Gasteiger partial charge in [0.25, 0.3) is 0 Å². The van der Waals surface area contributed by atoms with Crippen LogP contribution in [0.4, 0.5) is 5.69 Å². The molecule has 0 saturated carbocycles. The zero-order chi connectivity index (χ0) is 9.52. The summed E-state index contributed by atoms with van der Waals surface area (Å²) < 4.78 is 0. The van der Waals surface area contributed by atoms with Gasteiger partial charge in [-0.2, -0.15) is 0 Å². The smallest absolute Gasteiger partial charge is 0.0729 e. The molecule has 1 heteroatoms. The first-order valence-electron chi connectivity index (χ1n) is 4.68. The van der Waals surface area contributed by atoms with E-state index in [0.717, 1.165) is 12.1 Å². The van der Waals surface area contributed by atoms with Crippen molar-refractivity contribution in [3.05, 3.63) is 36.4 Å². The molecule has 0 heterocycles. The molecule has 0 unspecified atom stereocenters. The summed E-state index contributed by atoms with van der Waals surface area (Å²) in [5, 5.41) is 0. The van der Waals surface area contributed by atoms with Crippen LogP contribution in [0.2, 0.25) is 0 Å². The lowest BCUT2D eigenvalue weighted by Crippen LogP contribution is -1.82. The minimum atomic E-state index is 0.926. The fourth-order valence-electron chi connectivity index (χ4n) is 1.21. The van der Waals surface area contributed by atoms with Crippen LogP contribution in [0.5, 0.6) is 0 Å². The van der Waals surface area contributed by atoms with E-state index in [9.17, 15) is 0 Å². The van der Waals surface area contributed by atoms with E-state index < -0.39 is 0 Å². The number of nitrogens with zero attached hydrogens (tertiary/aromatic N) is 1. The third-order valence-electron chi connectivity index (χ3n) is 1.96. The van der Waals surface area contributed by atoms with Gasteiger partial charge >= 0.3 is 0 Å². The summed E-state index contributed by atoms with van der Waals surface area (Å²) in [6, 6.07) is 8.24. The largest absolute Gasteiger partial charge is 0.207 e. The third kappa shape index (κ3) is 3.27. The Kier molecular flexibility index (Phi) is 4.01. The van der Waals surface area contributed by atoms with Crippen LogP contribution in [-0.4, -0.2) is 5.87 Å². The van der Waals surface area contributed by atoms with Crippen molar-refractivity contribution in [2.24, 2.45) is 4.99 Å². The number of unbranched alkanes of at least 4 members (excludes halogenated alkanes) is 1. The van der Waals surface area contributed by atoms with Gasteiger partial charge in [-0.25, -0.2) is 4.99 Å². The van der Waals surface area contributed by atoms with Gasteiger partial charge in [0.15, 0.2) is 0 Å². The molecule has 1 rings (SSSR count). The molecule has 1 nitrogen and oxygen atoms in total. The van der Waals surface area contributed by atoms with Crippen molar-refractivity contribution in [3.63, 3.8) is 0 Å². The second-order valence-electron chi connectivity index (χ2n) is 3.04. The molecule has 0 aliphatic carbocycles. The minimum absolute atomic E-state index is 0.926. The molecule has 0 bridgehead atoms. The summed E-state index contributed by atoms with van der Waals surface area (Å²) in [5.41, 5.74) is 2.31. The van der Waals surface area contributed by atoms with Crippen LogP contribution in [0.1, 0.15) is 25.3 Å². The molecule has 0 N–H and O–H groups in total. The molecular weight excluding hydrogens is 158 g/mol. The molecule has 0 saturated heterocycles. The SMILES string of the molecule is C=C=Nc1ccc(CCCC)cc1. The number of rotatable bonds is 4. The quantitative estimate of drug-likeness (QED) is 0.618. The van der Waals surface area contributed by atoms with Crippen LogP contribution in [0.15, 0.2) is 35.8 Å². The van der Waals surface area contributed by atoms with E-state index in [2.05, 4.69) is 36.5 Å². The number of hydrogen-bond acceptors (Lipinski definition) is 1. The highest BCUT2D eigenvalue weighted by Crippen LogP contribution is 2.13. The number of aryl methyl sites for hydroxylation is 1. The van der Waals surface area contributed by atoms with Gasteiger partial charge in [0.1, 0.15) is 0 Å². The van der Waals surface area contributed by atoms with E-state index >= 15 is 0 Å². The van der Waals surface area contributed by atoms with Gasteiger partial charge in [-0.15, -0.1) is 0 Å². The molecular formula is C12H15N. The van der Waals surface area contributed by atoms with E-state index in [1.807, 2.05) is 12.1 Å². The van der Waals surface area contributed by atoms with Crippen molar-refractivity contribution in [2.45, 2.75) is 26.2 Å². The molecule has 0 spiro atoms. The summed E-state index contributed by atoms with van der Waals surface area (Å²) in [6.45, 7) is 5.64. The predicted molar refractivity (Wildman–Crippen MR) is 57.8 cm³/mol. The zero-order valence-corrected chi connectivity index (χ0v) is 8.09. The van der Waals surface area contributed by atoms with Crippen molar-refractivity contribution in [2.75, 3.05) is 0 Å². The van der Waals surface area contributed by atoms with Gasteiger partial charge in [-0.1, -0.05) is 25.5 Å². The first-order valence-corrected chi connectivity index (χ1v) is 4.68. The van der Waals surface area contributed by atoms with E-state index in [0.29, 0.717) is 0 Å². The van der Waals surface area contributed by atoms with Crippen molar-refractivity contribution >= 4 is 11.6 Å². The first kappa shape index (κ1) is 9.76. The average Bonchev–Trinajstić information content (AvgIpc) is 2.17. The van der Waals surface area contributed by atoms with Crippen LogP contribution in [0.25, 0.3) is 0 Å². The molecule has 1 aromatic rings. The second kappa shape index (κ2) is 5.34. The average molecular weight is 173 g/mol. The van der Waals surface area contributed by atoms with Crippen molar-refractivity contribution in [1.82, 2.24) is 0 Å². The van der Waals surface area contributed by atoms with Gasteiger partial charge in [0.05, 0.1) is 5.69 Å². The standard InChI is InChI=1S/C12H15N/c1-3-5-6-11-7-9-12(10-8-11)13-4-2/h7-10H,2-3,5-6H2,1H3. The number of aliphatic imine (C=N–C) groups is 1. The lowest BCUT2D eigenvalue weighted by Gasteiger charge is -1.98. The van der Waals surface area contributed by atoms with Gasteiger partial charge < -0.3 is 0 Å². The molecule has 0 fully saturated rings. The van der Waals surface area contributed by atoms with E-state index in [4.69, 9.17) is 0 Å². The van der Waals surface area contributed by atoms with Gasteiger partial charge in [-0.3, -0.25) is 0 Å². The van der Waals surface area contributed by atoms with E-state index in [1.54, 1.807) is 0 Å². The Hall–Kier alpha value is -1.33. The zero-order valence-electron chi connectivity index (χ0n) is 8.09. The fourth-order valence-corrected chi connectivity index (χ4v) is 1.21. The summed E-state index contributed by atoms with van der Waals surface area (Å²) >= 11 is 0. The first-order chi connectivity index (χ1) is 6.36.